The first-order chi connectivity index (χ1) is 7.22. The molecule has 1 aromatic heterocycles. The molecule has 1 unspecified atom stereocenters. The highest BCUT2D eigenvalue weighted by Gasteiger charge is 2.23. The van der Waals surface area contributed by atoms with E-state index in [-0.39, 0.29) is 12.0 Å². The van der Waals surface area contributed by atoms with Crippen LogP contribution in [-0.2, 0) is 17.6 Å². The van der Waals surface area contributed by atoms with E-state index < -0.39 is 0 Å². The Morgan fingerprint density at radius 1 is 1.73 bits per heavy atom. The van der Waals surface area contributed by atoms with E-state index in [2.05, 4.69) is 0 Å². The molecule has 2 N–H and O–H groups in total. The largest absolute Gasteiger partial charge is 0.462 e. The topological polar surface area (TPSA) is 52.3 Å². The molecule has 0 amide bonds. The number of hydrogen-bond donors (Lipinski definition) is 1. The third-order valence-electron chi connectivity index (χ3n) is 2.69. The third-order valence-corrected chi connectivity index (χ3v) is 3.74. The Bertz CT molecular complexity index is 373. The summed E-state index contributed by atoms with van der Waals surface area (Å²) in [7, 11) is 0. The number of fused-ring (bicyclic) bond motifs is 1. The van der Waals surface area contributed by atoms with Crippen molar-refractivity contribution in [3.63, 3.8) is 0 Å². The fourth-order valence-corrected chi connectivity index (χ4v) is 3.08. The fraction of sp³-hybridized carbons (Fsp3) is 0.545. The zero-order valence-corrected chi connectivity index (χ0v) is 9.60. The summed E-state index contributed by atoms with van der Waals surface area (Å²) in [4.78, 5) is 12.9. The molecule has 1 aliphatic carbocycles. The summed E-state index contributed by atoms with van der Waals surface area (Å²) in [5.74, 6) is -0.189. The normalized spacial score (nSPS) is 19.7. The van der Waals surface area contributed by atoms with E-state index >= 15 is 0 Å². The second-order valence-electron chi connectivity index (χ2n) is 3.77. The van der Waals surface area contributed by atoms with Crippen molar-refractivity contribution in [1.29, 1.82) is 0 Å². The molecular weight excluding hydrogens is 210 g/mol. The molecule has 15 heavy (non-hydrogen) atoms. The average Bonchev–Trinajstić information content (AvgIpc) is 2.60. The molecule has 0 saturated carbocycles. The number of esters is 1. The number of carbonyl (C=O) groups is 1. The molecule has 0 spiro atoms. The van der Waals surface area contributed by atoms with Crippen LogP contribution in [-0.4, -0.2) is 18.6 Å². The minimum absolute atomic E-state index is 0.189. The van der Waals surface area contributed by atoms with E-state index in [0.29, 0.717) is 6.61 Å². The van der Waals surface area contributed by atoms with Crippen molar-refractivity contribution in [2.75, 3.05) is 6.61 Å². The number of carbonyl (C=O) groups excluding carboxylic acids is 1. The van der Waals surface area contributed by atoms with Gasteiger partial charge in [-0.1, -0.05) is 0 Å². The lowest BCUT2D eigenvalue weighted by molar-refractivity contribution is 0.0525. The van der Waals surface area contributed by atoms with Gasteiger partial charge >= 0.3 is 5.97 Å². The predicted molar refractivity (Wildman–Crippen MR) is 60.3 cm³/mol. The molecule has 4 heteroatoms. The zero-order valence-electron chi connectivity index (χ0n) is 8.79. The van der Waals surface area contributed by atoms with Crippen LogP contribution in [0, 0.1) is 0 Å². The molecule has 1 atom stereocenters. The third kappa shape index (κ3) is 2.06. The van der Waals surface area contributed by atoms with Gasteiger partial charge in [0.05, 0.1) is 12.2 Å². The number of thiophene rings is 1. The van der Waals surface area contributed by atoms with Gasteiger partial charge in [0, 0.05) is 16.3 Å². The molecule has 3 nitrogen and oxygen atoms in total. The highest BCUT2D eigenvalue weighted by molar-refractivity contribution is 7.10. The summed E-state index contributed by atoms with van der Waals surface area (Å²) in [6.07, 6.45) is 2.78. The highest BCUT2D eigenvalue weighted by atomic mass is 32.1. The molecule has 1 aliphatic rings. The Labute approximate surface area is 93.2 Å². The van der Waals surface area contributed by atoms with E-state index in [1.165, 1.54) is 10.4 Å². The highest BCUT2D eigenvalue weighted by Crippen LogP contribution is 2.30. The minimum atomic E-state index is -0.189. The maximum absolute atomic E-state index is 11.6. The van der Waals surface area contributed by atoms with E-state index in [0.717, 1.165) is 24.8 Å². The van der Waals surface area contributed by atoms with Crippen LogP contribution in [0.1, 0.15) is 34.1 Å². The SMILES string of the molecule is CCOC(=O)c1csc2c1CCC(N)C2. The summed E-state index contributed by atoms with van der Waals surface area (Å²) in [6.45, 7) is 2.26. The molecule has 1 heterocycles. The standard InChI is InChI=1S/C11H15NO2S/c1-2-14-11(13)9-6-15-10-5-7(12)3-4-8(9)10/h6-7H,2-5,12H2,1H3. The van der Waals surface area contributed by atoms with Crippen LogP contribution in [0.2, 0.25) is 0 Å². The fourth-order valence-electron chi connectivity index (χ4n) is 1.92. The molecule has 0 saturated heterocycles. The van der Waals surface area contributed by atoms with Crippen LogP contribution in [0.4, 0.5) is 0 Å². The summed E-state index contributed by atoms with van der Waals surface area (Å²) in [5.41, 5.74) is 7.80. The summed E-state index contributed by atoms with van der Waals surface area (Å²) < 4.78 is 5.02. The number of hydrogen-bond acceptors (Lipinski definition) is 4. The Hall–Kier alpha value is -0.870. The quantitative estimate of drug-likeness (QED) is 0.780. The second-order valence-corrected chi connectivity index (χ2v) is 4.74. The van der Waals surface area contributed by atoms with Gasteiger partial charge in [0.15, 0.2) is 0 Å². The van der Waals surface area contributed by atoms with Crippen molar-refractivity contribution >= 4 is 17.3 Å². The minimum Gasteiger partial charge on any atom is -0.462 e. The lowest BCUT2D eigenvalue weighted by Gasteiger charge is -2.18. The first-order valence-corrected chi connectivity index (χ1v) is 6.12. The lowest BCUT2D eigenvalue weighted by Crippen LogP contribution is -2.27. The van der Waals surface area contributed by atoms with Gasteiger partial charge in [-0.3, -0.25) is 0 Å². The van der Waals surface area contributed by atoms with Crippen molar-refractivity contribution in [1.82, 2.24) is 0 Å². The Balaban J connectivity index is 2.24. The summed E-state index contributed by atoms with van der Waals surface area (Å²) >= 11 is 1.63. The maximum Gasteiger partial charge on any atom is 0.339 e. The first kappa shape index (κ1) is 10.6. The van der Waals surface area contributed by atoms with Crippen molar-refractivity contribution in [3.8, 4) is 0 Å². The Kier molecular flexibility index (Phi) is 3.07. The predicted octanol–water partition coefficient (Wildman–Crippen LogP) is 1.74. The number of ether oxygens (including phenoxy) is 1. The van der Waals surface area contributed by atoms with Crippen molar-refractivity contribution in [3.05, 3.63) is 21.4 Å². The van der Waals surface area contributed by atoms with Gasteiger partial charge in [-0.25, -0.2) is 4.79 Å². The van der Waals surface area contributed by atoms with Crippen molar-refractivity contribution in [2.24, 2.45) is 5.73 Å². The van der Waals surface area contributed by atoms with E-state index in [1.54, 1.807) is 11.3 Å². The van der Waals surface area contributed by atoms with Crippen LogP contribution >= 0.6 is 11.3 Å². The molecule has 0 bridgehead atoms. The van der Waals surface area contributed by atoms with Gasteiger partial charge in [0.1, 0.15) is 0 Å². The van der Waals surface area contributed by atoms with Gasteiger partial charge < -0.3 is 10.5 Å². The Morgan fingerprint density at radius 3 is 3.27 bits per heavy atom. The Morgan fingerprint density at radius 2 is 2.53 bits per heavy atom. The van der Waals surface area contributed by atoms with Crippen LogP contribution in [0.5, 0.6) is 0 Å². The molecular formula is C11H15NO2S. The number of rotatable bonds is 2. The van der Waals surface area contributed by atoms with E-state index in [1.807, 2.05) is 12.3 Å². The first-order valence-electron chi connectivity index (χ1n) is 5.24. The maximum atomic E-state index is 11.6. The molecule has 82 valence electrons. The monoisotopic (exact) mass is 225 g/mol. The van der Waals surface area contributed by atoms with Crippen molar-refractivity contribution in [2.45, 2.75) is 32.2 Å². The molecule has 1 aromatic rings. The lowest BCUT2D eigenvalue weighted by atomic mass is 9.93. The second kappa shape index (κ2) is 4.33. The molecule has 2 rings (SSSR count). The molecule has 0 radical (unpaired) electrons. The van der Waals surface area contributed by atoms with Gasteiger partial charge in [-0.05, 0) is 31.7 Å². The van der Waals surface area contributed by atoms with Crippen LogP contribution in [0.25, 0.3) is 0 Å². The van der Waals surface area contributed by atoms with Crippen LogP contribution < -0.4 is 5.73 Å². The number of nitrogens with two attached hydrogens (primary N) is 1. The molecule has 0 aromatic carbocycles. The summed E-state index contributed by atoms with van der Waals surface area (Å²) in [5, 5.41) is 1.90. The molecule has 0 aliphatic heterocycles. The van der Waals surface area contributed by atoms with Gasteiger partial charge in [0.25, 0.3) is 0 Å². The zero-order chi connectivity index (χ0) is 10.8. The van der Waals surface area contributed by atoms with Crippen LogP contribution in [0.3, 0.4) is 0 Å². The van der Waals surface area contributed by atoms with Gasteiger partial charge in [0.2, 0.25) is 0 Å². The molecule has 0 fully saturated rings. The van der Waals surface area contributed by atoms with Gasteiger partial charge in [-0.15, -0.1) is 11.3 Å². The van der Waals surface area contributed by atoms with Gasteiger partial charge in [-0.2, -0.15) is 0 Å². The average molecular weight is 225 g/mol. The van der Waals surface area contributed by atoms with Crippen LogP contribution in [0.15, 0.2) is 5.38 Å². The van der Waals surface area contributed by atoms with Crippen molar-refractivity contribution < 1.29 is 9.53 Å². The summed E-state index contributed by atoms with van der Waals surface area (Å²) in [6, 6.07) is 0.256. The smallest absolute Gasteiger partial charge is 0.339 e. The van der Waals surface area contributed by atoms with E-state index in [9.17, 15) is 4.79 Å². The van der Waals surface area contributed by atoms with E-state index in [4.69, 9.17) is 10.5 Å².